The summed E-state index contributed by atoms with van der Waals surface area (Å²) in [7, 11) is 0. The van der Waals surface area contributed by atoms with Gasteiger partial charge in [0.2, 0.25) is 0 Å². The molecule has 0 unspecified atom stereocenters. The van der Waals surface area contributed by atoms with Crippen LogP contribution in [0.5, 0.6) is 0 Å². The van der Waals surface area contributed by atoms with Gasteiger partial charge < -0.3 is 24.7 Å². The Labute approximate surface area is 148 Å². The van der Waals surface area contributed by atoms with Gasteiger partial charge >= 0.3 is 11.9 Å². The fraction of sp³-hybridized carbons (Fsp3) is 0.875. The smallest absolute Gasteiger partial charge is 0.308 e. The van der Waals surface area contributed by atoms with E-state index in [9.17, 15) is 9.59 Å². The van der Waals surface area contributed by atoms with Crippen molar-refractivity contribution >= 4 is 11.9 Å². The Morgan fingerprint density at radius 2 is 1.24 bits per heavy atom. The van der Waals surface area contributed by atoms with Crippen molar-refractivity contribution in [2.45, 2.75) is 39.2 Å². The number of ether oxygens (including phenoxy) is 4. The molecule has 2 N–H and O–H groups in total. The summed E-state index contributed by atoms with van der Waals surface area (Å²) in [5, 5.41) is 0. The Balaban J connectivity index is 4.18. The lowest BCUT2D eigenvalue weighted by Gasteiger charge is -2.28. The molecule has 0 atom stereocenters. The second-order valence-corrected chi connectivity index (χ2v) is 5.25. The number of carbonyl (C=O) groups is 2. The zero-order valence-electron chi connectivity index (χ0n) is 15.4. The summed E-state index contributed by atoms with van der Waals surface area (Å²) in [6.07, 6.45) is 0.278. The van der Waals surface area contributed by atoms with Gasteiger partial charge in [-0.25, -0.2) is 9.78 Å². The summed E-state index contributed by atoms with van der Waals surface area (Å²) in [5.74, 6) is -0.664. The molecular weight excluding hydrogens is 334 g/mol. The van der Waals surface area contributed by atoms with Crippen LogP contribution in [0.1, 0.15) is 33.6 Å². The summed E-state index contributed by atoms with van der Waals surface area (Å²) in [6, 6.07) is 0. The predicted octanol–water partition coefficient (Wildman–Crippen LogP) is 0.592. The number of carbonyl (C=O) groups excluding carboxylic acids is 2. The van der Waals surface area contributed by atoms with Crippen LogP contribution in [0.15, 0.2) is 0 Å². The lowest BCUT2D eigenvalue weighted by molar-refractivity contribution is -0.303. The SMILES string of the molecule is CCOOCC(N)(COCCC(=O)OCC)COCCC(=O)OCC. The van der Waals surface area contributed by atoms with Gasteiger partial charge in [-0.3, -0.25) is 9.59 Å². The molecule has 0 fully saturated rings. The first-order chi connectivity index (χ1) is 12.0. The number of rotatable bonds is 16. The standard InChI is InChI=1S/C16H31NO8/c1-4-22-14(18)7-9-20-11-16(17,13-25-24-6-3)12-21-10-8-15(19)23-5-2/h4-13,17H2,1-3H3. The van der Waals surface area contributed by atoms with Crippen LogP contribution >= 0.6 is 0 Å². The Hall–Kier alpha value is -1.26. The third-order valence-electron chi connectivity index (χ3n) is 2.84. The third-order valence-corrected chi connectivity index (χ3v) is 2.84. The largest absolute Gasteiger partial charge is 0.466 e. The van der Waals surface area contributed by atoms with Crippen LogP contribution in [0.4, 0.5) is 0 Å². The van der Waals surface area contributed by atoms with Crippen LogP contribution in [0.3, 0.4) is 0 Å². The molecule has 0 amide bonds. The summed E-state index contributed by atoms with van der Waals surface area (Å²) < 4.78 is 20.5. The fourth-order valence-corrected chi connectivity index (χ4v) is 1.70. The maximum Gasteiger partial charge on any atom is 0.308 e. The van der Waals surface area contributed by atoms with E-state index < -0.39 is 5.54 Å². The monoisotopic (exact) mass is 365 g/mol. The van der Waals surface area contributed by atoms with Crippen LogP contribution in [0, 0.1) is 0 Å². The highest BCUT2D eigenvalue weighted by Gasteiger charge is 2.27. The van der Waals surface area contributed by atoms with Gasteiger partial charge in [0.05, 0.1) is 64.6 Å². The third kappa shape index (κ3) is 13.7. The minimum absolute atomic E-state index is 0.0413. The first kappa shape index (κ1) is 23.7. The second-order valence-electron chi connectivity index (χ2n) is 5.25. The number of hydrogen-bond acceptors (Lipinski definition) is 9. The van der Waals surface area contributed by atoms with Crippen molar-refractivity contribution < 1.29 is 38.3 Å². The Bertz CT molecular complexity index is 338. The van der Waals surface area contributed by atoms with E-state index in [1.165, 1.54) is 0 Å². The zero-order valence-corrected chi connectivity index (χ0v) is 15.4. The van der Waals surface area contributed by atoms with Crippen molar-refractivity contribution in [3.63, 3.8) is 0 Å². The van der Waals surface area contributed by atoms with Gasteiger partial charge in [0.15, 0.2) is 0 Å². The van der Waals surface area contributed by atoms with Crippen molar-refractivity contribution in [3.8, 4) is 0 Å². The Morgan fingerprint density at radius 1 is 0.760 bits per heavy atom. The molecule has 0 bridgehead atoms. The molecule has 9 heteroatoms. The van der Waals surface area contributed by atoms with E-state index in [0.717, 1.165) is 0 Å². The highest BCUT2D eigenvalue weighted by molar-refractivity contribution is 5.69. The maximum atomic E-state index is 11.3. The van der Waals surface area contributed by atoms with Gasteiger partial charge in [0.25, 0.3) is 0 Å². The normalized spacial score (nSPS) is 11.4. The zero-order chi connectivity index (χ0) is 19.0. The quantitative estimate of drug-likeness (QED) is 0.181. The molecule has 0 aliphatic rings. The maximum absolute atomic E-state index is 11.3. The van der Waals surface area contributed by atoms with Crippen molar-refractivity contribution in [1.29, 1.82) is 0 Å². The van der Waals surface area contributed by atoms with E-state index in [2.05, 4.69) is 0 Å². The van der Waals surface area contributed by atoms with Gasteiger partial charge in [0.1, 0.15) is 6.61 Å². The molecule has 0 aromatic heterocycles. The molecule has 0 spiro atoms. The van der Waals surface area contributed by atoms with Crippen LogP contribution < -0.4 is 5.73 Å². The van der Waals surface area contributed by atoms with Crippen LogP contribution in [-0.2, 0) is 38.3 Å². The molecule has 148 valence electrons. The molecule has 9 nitrogen and oxygen atoms in total. The lowest BCUT2D eigenvalue weighted by Crippen LogP contribution is -2.53. The van der Waals surface area contributed by atoms with Crippen LogP contribution in [0.25, 0.3) is 0 Å². The Kier molecular flexibility index (Phi) is 14.3. The first-order valence-corrected chi connectivity index (χ1v) is 8.47. The van der Waals surface area contributed by atoms with Gasteiger partial charge in [0, 0.05) is 0 Å². The summed E-state index contributed by atoms with van der Waals surface area (Å²) in [4.78, 5) is 32.4. The molecular formula is C16H31NO8. The molecule has 0 aromatic rings. The number of hydrogen-bond donors (Lipinski definition) is 1. The van der Waals surface area contributed by atoms with Crippen molar-refractivity contribution in [3.05, 3.63) is 0 Å². The molecule has 25 heavy (non-hydrogen) atoms. The average Bonchev–Trinajstić information content (AvgIpc) is 2.57. The van der Waals surface area contributed by atoms with Gasteiger partial charge in [-0.2, -0.15) is 0 Å². The molecule has 0 aliphatic carbocycles. The minimum Gasteiger partial charge on any atom is -0.466 e. The highest BCUT2D eigenvalue weighted by atomic mass is 17.2. The van der Waals surface area contributed by atoms with Gasteiger partial charge in [-0.15, -0.1) is 0 Å². The predicted molar refractivity (Wildman–Crippen MR) is 88.6 cm³/mol. The first-order valence-electron chi connectivity index (χ1n) is 8.47. The van der Waals surface area contributed by atoms with E-state index >= 15 is 0 Å². The van der Waals surface area contributed by atoms with E-state index in [1.807, 2.05) is 0 Å². The van der Waals surface area contributed by atoms with Gasteiger partial charge in [-0.05, 0) is 20.8 Å². The summed E-state index contributed by atoms with van der Waals surface area (Å²) in [6.45, 7) is 6.88. The summed E-state index contributed by atoms with van der Waals surface area (Å²) >= 11 is 0. The molecule has 0 radical (unpaired) electrons. The van der Waals surface area contributed by atoms with Crippen LogP contribution in [-0.4, -0.2) is 70.3 Å². The van der Waals surface area contributed by atoms with E-state index in [-0.39, 0.29) is 57.8 Å². The van der Waals surface area contributed by atoms with Gasteiger partial charge in [-0.1, -0.05) is 0 Å². The van der Waals surface area contributed by atoms with E-state index in [4.69, 9.17) is 34.5 Å². The van der Waals surface area contributed by atoms with Crippen molar-refractivity contribution in [1.82, 2.24) is 0 Å². The molecule has 0 rings (SSSR count). The molecule has 0 saturated carbocycles. The highest BCUT2D eigenvalue weighted by Crippen LogP contribution is 2.06. The fourth-order valence-electron chi connectivity index (χ4n) is 1.70. The number of nitrogens with two attached hydrogens (primary N) is 1. The minimum atomic E-state index is -0.974. The van der Waals surface area contributed by atoms with E-state index in [1.54, 1.807) is 20.8 Å². The van der Waals surface area contributed by atoms with Crippen molar-refractivity contribution in [2.24, 2.45) is 5.73 Å². The lowest BCUT2D eigenvalue weighted by atomic mass is 10.1. The molecule has 0 aromatic carbocycles. The van der Waals surface area contributed by atoms with Crippen molar-refractivity contribution in [2.75, 3.05) is 52.9 Å². The van der Waals surface area contributed by atoms with E-state index in [0.29, 0.717) is 19.8 Å². The molecule has 0 heterocycles. The topological polar surface area (TPSA) is 116 Å². The summed E-state index contributed by atoms with van der Waals surface area (Å²) in [5.41, 5.74) is 5.23. The second kappa shape index (κ2) is 15.0. The molecule has 0 saturated heterocycles. The molecule has 0 aliphatic heterocycles. The Morgan fingerprint density at radius 3 is 1.64 bits per heavy atom. The van der Waals surface area contributed by atoms with Crippen LogP contribution in [0.2, 0.25) is 0 Å². The average molecular weight is 365 g/mol. The number of esters is 2.